The molecule has 0 radical (unpaired) electrons. The third kappa shape index (κ3) is 2.94. The van der Waals surface area contributed by atoms with Crippen LogP contribution in [0.4, 0.5) is 5.69 Å². The summed E-state index contributed by atoms with van der Waals surface area (Å²) in [4.78, 5) is 2.09. The fourth-order valence-corrected chi connectivity index (χ4v) is 5.23. The van der Waals surface area contributed by atoms with Crippen molar-refractivity contribution in [2.24, 2.45) is 7.05 Å². The monoisotopic (exact) mass is 446 g/mol. The lowest BCUT2D eigenvalue weighted by atomic mass is 9.91. The highest BCUT2D eigenvalue weighted by Crippen LogP contribution is 2.45. The van der Waals surface area contributed by atoms with Gasteiger partial charge in [0.15, 0.2) is 6.20 Å². The van der Waals surface area contributed by atoms with Gasteiger partial charge in [-0.15, -0.1) is 0 Å². The molecule has 1 aliphatic heterocycles. The zero-order valence-corrected chi connectivity index (χ0v) is 19.5. The Morgan fingerprint density at radius 3 is 2.59 bits per heavy atom. The van der Waals surface area contributed by atoms with Crippen molar-refractivity contribution in [1.29, 1.82) is 5.26 Å². The summed E-state index contributed by atoms with van der Waals surface area (Å²) in [6.45, 7) is 2.68. The second-order valence-electron chi connectivity index (χ2n) is 8.96. The molecular weight excluding hydrogens is 418 g/mol. The van der Waals surface area contributed by atoms with E-state index in [1.54, 1.807) is 0 Å². The van der Waals surface area contributed by atoms with Crippen molar-refractivity contribution in [3.8, 4) is 28.5 Å². The molecule has 0 spiro atoms. The number of fused-ring (bicyclic) bond motifs is 4. The lowest BCUT2D eigenvalue weighted by Gasteiger charge is -2.30. The molecule has 0 fully saturated rings. The van der Waals surface area contributed by atoms with E-state index in [-0.39, 0.29) is 0 Å². The van der Waals surface area contributed by atoms with E-state index in [1.807, 2.05) is 62.8 Å². The Balaban J connectivity index is 1.74. The number of aryl methyl sites for hydroxylation is 3. The number of aromatic nitrogens is 1. The molecule has 0 saturated heterocycles. The maximum absolute atomic E-state index is 10.1. The molecule has 4 nitrogen and oxygen atoms in total. The maximum Gasteiger partial charge on any atom is 0.216 e. The standard InChI is InChI=1S/C30H26N3O/c1-19-12-14-22-23-15-13-21(18-31)27(24-10-6-8-20-9-7-17-33(3)28(20)24)30(23)34-29(22)26(19)25-11-4-5-16-32(25)2/h4-6,8,10-16H,7,9,17H2,1-3H3/q+1/i9D2. The Kier molecular flexibility index (Phi) is 4.18. The molecule has 4 heteroatoms. The van der Waals surface area contributed by atoms with Gasteiger partial charge in [0.05, 0.1) is 17.2 Å². The fraction of sp³-hybridized carbons (Fsp3) is 0.200. The smallest absolute Gasteiger partial charge is 0.216 e. The molecule has 3 heterocycles. The summed E-state index contributed by atoms with van der Waals surface area (Å²) >= 11 is 0. The topological polar surface area (TPSA) is 44.1 Å². The van der Waals surface area contributed by atoms with E-state index in [2.05, 4.69) is 40.7 Å². The van der Waals surface area contributed by atoms with E-state index in [4.69, 9.17) is 7.16 Å². The van der Waals surface area contributed by atoms with Crippen LogP contribution < -0.4 is 9.47 Å². The molecule has 0 unspecified atom stereocenters. The number of benzene rings is 3. The number of nitrogens with zero attached hydrogens (tertiary/aromatic N) is 3. The summed E-state index contributed by atoms with van der Waals surface area (Å²) in [7, 11) is 4.01. The van der Waals surface area contributed by atoms with Crippen molar-refractivity contribution in [1.82, 2.24) is 0 Å². The Morgan fingerprint density at radius 1 is 1.00 bits per heavy atom. The second-order valence-corrected chi connectivity index (χ2v) is 8.96. The minimum atomic E-state index is -1.43. The third-order valence-corrected chi connectivity index (χ3v) is 6.90. The molecule has 0 bridgehead atoms. The summed E-state index contributed by atoms with van der Waals surface area (Å²) in [5, 5.41) is 12.1. The van der Waals surface area contributed by atoms with Gasteiger partial charge in [-0.05, 0) is 49.0 Å². The number of pyridine rings is 1. The fourth-order valence-electron chi connectivity index (χ4n) is 5.23. The summed E-state index contributed by atoms with van der Waals surface area (Å²) in [6, 6.07) is 22.2. The Bertz CT molecular complexity index is 1730. The van der Waals surface area contributed by atoms with Gasteiger partial charge in [-0.2, -0.15) is 5.26 Å². The van der Waals surface area contributed by atoms with Gasteiger partial charge < -0.3 is 9.32 Å². The highest BCUT2D eigenvalue weighted by molar-refractivity contribution is 6.14. The van der Waals surface area contributed by atoms with Gasteiger partial charge in [-0.1, -0.05) is 30.3 Å². The average Bonchev–Trinajstić information content (AvgIpc) is 3.25. The van der Waals surface area contributed by atoms with E-state index in [0.29, 0.717) is 35.2 Å². The van der Waals surface area contributed by atoms with Crippen LogP contribution in [0, 0.1) is 18.3 Å². The molecule has 166 valence electrons. The highest BCUT2D eigenvalue weighted by atomic mass is 16.3. The molecule has 0 saturated carbocycles. The lowest BCUT2D eigenvalue weighted by molar-refractivity contribution is -0.660. The zero-order valence-electron chi connectivity index (χ0n) is 21.5. The first-order chi connectivity index (χ1) is 17.3. The van der Waals surface area contributed by atoms with Gasteiger partial charge in [0.1, 0.15) is 18.2 Å². The van der Waals surface area contributed by atoms with Crippen LogP contribution in [0.5, 0.6) is 0 Å². The predicted octanol–water partition coefficient (Wildman–Crippen LogP) is 6.31. The molecule has 0 N–H and O–H groups in total. The van der Waals surface area contributed by atoms with Crippen LogP contribution in [0.3, 0.4) is 0 Å². The number of anilines is 1. The van der Waals surface area contributed by atoms with Crippen LogP contribution in [0.2, 0.25) is 0 Å². The van der Waals surface area contributed by atoms with Crippen molar-refractivity contribution in [2.75, 3.05) is 18.5 Å². The highest BCUT2D eigenvalue weighted by Gasteiger charge is 2.26. The molecule has 6 rings (SSSR count). The number of hydrogen-bond acceptors (Lipinski definition) is 3. The average molecular weight is 447 g/mol. The van der Waals surface area contributed by atoms with Gasteiger partial charge in [0.25, 0.3) is 0 Å². The summed E-state index contributed by atoms with van der Waals surface area (Å²) in [5.41, 5.74) is 8.15. The largest absolute Gasteiger partial charge is 0.454 e. The van der Waals surface area contributed by atoms with Crippen molar-refractivity contribution < 1.29 is 11.7 Å². The van der Waals surface area contributed by atoms with Gasteiger partial charge in [-0.25, -0.2) is 4.57 Å². The first-order valence-electron chi connectivity index (χ1n) is 12.5. The molecule has 3 aromatic carbocycles. The number of furan rings is 1. The van der Waals surface area contributed by atoms with Crippen molar-refractivity contribution in [3.63, 3.8) is 0 Å². The number of nitriles is 1. The second kappa shape index (κ2) is 7.74. The molecule has 0 aliphatic carbocycles. The molecule has 34 heavy (non-hydrogen) atoms. The third-order valence-electron chi connectivity index (χ3n) is 6.90. The quantitative estimate of drug-likeness (QED) is 0.299. The van der Waals surface area contributed by atoms with E-state index in [1.165, 1.54) is 0 Å². The van der Waals surface area contributed by atoms with E-state index < -0.39 is 6.37 Å². The van der Waals surface area contributed by atoms with Crippen LogP contribution in [0.25, 0.3) is 44.3 Å². The van der Waals surface area contributed by atoms with Crippen molar-refractivity contribution >= 4 is 27.6 Å². The maximum atomic E-state index is 10.1. The minimum Gasteiger partial charge on any atom is -0.454 e. The Hall–Kier alpha value is -4.10. The van der Waals surface area contributed by atoms with Crippen LogP contribution in [0.15, 0.2) is 71.3 Å². The number of para-hydroxylation sites is 1. The summed E-state index contributed by atoms with van der Waals surface area (Å²) < 4.78 is 26.0. The van der Waals surface area contributed by atoms with Crippen molar-refractivity contribution in [2.45, 2.75) is 19.7 Å². The predicted molar refractivity (Wildman–Crippen MR) is 137 cm³/mol. The SMILES string of the molecule is [2H]C1([2H])CCN(C)c2c(-c3c(C#N)ccc4c3oc3c(-c5cccc[n+]5C)c(C)ccc34)cccc21. The lowest BCUT2D eigenvalue weighted by Crippen LogP contribution is -2.30. The van der Waals surface area contributed by atoms with Crippen LogP contribution in [-0.2, 0) is 13.4 Å². The Labute approximate surface area is 202 Å². The van der Waals surface area contributed by atoms with Crippen LogP contribution in [-0.4, -0.2) is 13.6 Å². The number of hydrogen-bond donors (Lipinski definition) is 0. The van der Waals surface area contributed by atoms with E-state index in [0.717, 1.165) is 44.4 Å². The minimum absolute atomic E-state index is 0.427. The normalized spacial score (nSPS) is 15.6. The zero-order chi connectivity index (χ0) is 25.2. The van der Waals surface area contributed by atoms with Gasteiger partial charge >= 0.3 is 0 Å². The first kappa shape index (κ1) is 18.3. The summed E-state index contributed by atoms with van der Waals surface area (Å²) in [5.74, 6) is 0. The number of rotatable bonds is 2. The van der Waals surface area contributed by atoms with Gasteiger partial charge in [-0.3, -0.25) is 0 Å². The van der Waals surface area contributed by atoms with Crippen LogP contribution in [0.1, 0.15) is 25.9 Å². The van der Waals surface area contributed by atoms with E-state index in [9.17, 15) is 5.26 Å². The Morgan fingerprint density at radius 2 is 1.79 bits per heavy atom. The van der Waals surface area contributed by atoms with Gasteiger partial charge in [0.2, 0.25) is 5.69 Å². The van der Waals surface area contributed by atoms with Crippen molar-refractivity contribution in [3.05, 3.63) is 83.6 Å². The molecule has 1 aliphatic rings. The molecular formula is C30H26N3O+. The first-order valence-corrected chi connectivity index (χ1v) is 11.5. The van der Waals surface area contributed by atoms with E-state index >= 15 is 0 Å². The van der Waals surface area contributed by atoms with Crippen LogP contribution >= 0.6 is 0 Å². The molecule has 5 aromatic rings. The molecule has 0 amide bonds. The molecule has 0 atom stereocenters. The summed E-state index contributed by atoms with van der Waals surface area (Å²) in [6.07, 6.45) is 1.02. The van der Waals surface area contributed by atoms with Gasteiger partial charge in [0, 0.05) is 56.1 Å². The molecule has 2 aromatic heterocycles.